The third kappa shape index (κ3) is 3.17. The molecule has 1 atom stereocenters. The van der Waals surface area contributed by atoms with E-state index in [4.69, 9.17) is 5.26 Å². The zero-order valence-corrected chi connectivity index (χ0v) is 10.3. The van der Waals surface area contributed by atoms with E-state index in [1.807, 2.05) is 27.7 Å². The first-order valence-electron chi connectivity index (χ1n) is 5.49. The molecule has 1 aliphatic rings. The van der Waals surface area contributed by atoms with Gasteiger partial charge < -0.3 is 10.4 Å². The van der Waals surface area contributed by atoms with Crippen LogP contribution in [0.3, 0.4) is 0 Å². The summed E-state index contributed by atoms with van der Waals surface area (Å²) in [5.41, 5.74) is -0.299. The molecule has 1 saturated heterocycles. The molecule has 0 aliphatic carbocycles. The van der Waals surface area contributed by atoms with Gasteiger partial charge in [-0.3, -0.25) is 4.89 Å². The number of carbonyl (C=O) groups excluding carboxylic acids is 1. The number of aliphatic hydroxyl groups excluding tert-OH is 1. The zero-order chi connectivity index (χ0) is 12.6. The Hall–Kier alpha value is -0.650. The second-order valence-electron chi connectivity index (χ2n) is 5.92. The molecule has 5 heteroatoms. The summed E-state index contributed by atoms with van der Waals surface area (Å²) in [5, 5.41) is 21.5. The van der Waals surface area contributed by atoms with E-state index in [1.54, 1.807) is 0 Å². The average molecular weight is 231 g/mol. The lowest BCUT2D eigenvalue weighted by Gasteiger charge is -2.47. The van der Waals surface area contributed by atoms with Crippen LogP contribution in [0.25, 0.3) is 0 Å². The van der Waals surface area contributed by atoms with Gasteiger partial charge in [-0.05, 0) is 46.5 Å². The smallest absolute Gasteiger partial charge is 0.370 e. The predicted octanol–water partition coefficient (Wildman–Crippen LogP) is 0.920. The van der Waals surface area contributed by atoms with Crippen molar-refractivity contribution in [3.8, 4) is 0 Å². The largest absolute Gasteiger partial charge is 0.381 e. The van der Waals surface area contributed by atoms with Crippen LogP contribution in [0.15, 0.2) is 0 Å². The van der Waals surface area contributed by atoms with Gasteiger partial charge in [-0.1, -0.05) is 0 Å². The van der Waals surface area contributed by atoms with Crippen LogP contribution in [-0.4, -0.2) is 33.5 Å². The SMILES string of the molecule is CC1(C)CC(C(O)C(=O)OO)CC(C)(C)N1. The van der Waals surface area contributed by atoms with E-state index in [-0.39, 0.29) is 17.0 Å². The molecule has 94 valence electrons. The molecule has 1 rings (SSSR count). The molecule has 1 fully saturated rings. The van der Waals surface area contributed by atoms with Crippen LogP contribution in [0.4, 0.5) is 0 Å². The molecule has 0 aromatic heterocycles. The van der Waals surface area contributed by atoms with Crippen molar-refractivity contribution >= 4 is 5.97 Å². The van der Waals surface area contributed by atoms with Gasteiger partial charge in [-0.15, -0.1) is 0 Å². The molecular weight excluding hydrogens is 210 g/mol. The Balaban J connectivity index is 2.78. The molecule has 1 unspecified atom stereocenters. The van der Waals surface area contributed by atoms with Gasteiger partial charge in [0.25, 0.3) is 0 Å². The Morgan fingerprint density at radius 1 is 1.31 bits per heavy atom. The molecule has 5 nitrogen and oxygen atoms in total. The fourth-order valence-corrected chi connectivity index (χ4v) is 2.87. The van der Waals surface area contributed by atoms with Crippen molar-refractivity contribution in [2.75, 3.05) is 0 Å². The van der Waals surface area contributed by atoms with Crippen molar-refractivity contribution in [3.63, 3.8) is 0 Å². The van der Waals surface area contributed by atoms with Crippen molar-refractivity contribution in [1.29, 1.82) is 0 Å². The highest BCUT2D eigenvalue weighted by Crippen LogP contribution is 2.34. The number of carbonyl (C=O) groups is 1. The summed E-state index contributed by atoms with van der Waals surface area (Å²) in [7, 11) is 0. The minimum absolute atomic E-state index is 0.150. The second kappa shape index (κ2) is 4.31. The third-order valence-electron chi connectivity index (χ3n) is 3.00. The summed E-state index contributed by atoms with van der Waals surface area (Å²) >= 11 is 0. The van der Waals surface area contributed by atoms with Gasteiger partial charge in [0.2, 0.25) is 0 Å². The van der Waals surface area contributed by atoms with Gasteiger partial charge in [0, 0.05) is 11.1 Å². The molecule has 0 saturated carbocycles. The lowest BCUT2D eigenvalue weighted by atomic mass is 9.74. The maximum atomic E-state index is 11.1. The predicted molar refractivity (Wildman–Crippen MR) is 58.7 cm³/mol. The Kier molecular flexibility index (Phi) is 3.62. The zero-order valence-electron chi connectivity index (χ0n) is 10.3. The molecule has 0 aromatic rings. The van der Waals surface area contributed by atoms with Gasteiger partial charge in [-0.25, -0.2) is 4.79 Å². The summed E-state index contributed by atoms with van der Waals surface area (Å²) < 4.78 is 0. The molecule has 16 heavy (non-hydrogen) atoms. The molecule has 3 N–H and O–H groups in total. The van der Waals surface area contributed by atoms with Gasteiger partial charge in [-0.2, -0.15) is 5.26 Å². The highest BCUT2D eigenvalue weighted by Gasteiger charge is 2.42. The second-order valence-corrected chi connectivity index (χ2v) is 5.92. The lowest BCUT2D eigenvalue weighted by Crippen LogP contribution is -2.59. The van der Waals surface area contributed by atoms with Gasteiger partial charge >= 0.3 is 5.97 Å². The van der Waals surface area contributed by atoms with E-state index >= 15 is 0 Å². The number of rotatable bonds is 2. The summed E-state index contributed by atoms with van der Waals surface area (Å²) in [6.45, 7) is 8.10. The van der Waals surface area contributed by atoms with Crippen LogP contribution < -0.4 is 5.32 Å². The number of piperidine rings is 1. The fraction of sp³-hybridized carbons (Fsp3) is 0.909. The van der Waals surface area contributed by atoms with Crippen molar-refractivity contribution in [2.45, 2.75) is 57.7 Å². The van der Waals surface area contributed by atoms with Crippen molar-refractivity contribution in [3.05, 3.63) is 0 Å². The quantitative estimate of drug-likeness (QED) is 0.486. The maximum absolute atomic E-state index is 11.1. The van der Waals surface area contributed by atoms with Crippen LogP contribution in [0.1, 0.15) is 40.5 Å². The minimum Gasteiger partial charge on any atom is -0.381 e. The average Bonchev–Trinajstić information content (AvgIpc) is 2.10. The van der Waals surface area contributed by atoms with Crippen LogP contribution in [0.5, 0.6) is 0 Å². The van der Waals surface area contributed by atoms with Gasteiger partial charge in [0.05, 0.1) is 0 Å². The van der Waals surface area contributed by atoms with Crippen molar-refractivity contribution in [1.82, 2.24) is 5.32 Å². The Labute approximate surface area is 95.7 Å². The Morgan fingerprint density at radius 3 is 2.12 bits per heavy atom. The normalized spacial score (nSPS) is 26.1. The molecule has 0 spiro atoms. The number of nitrogens with one attached hydrogen (secondary N) is 1. The first-order valence-corrected chi connectivity index (χ1v) is 5.49. The third-order valence-corrected chi connectivity index (χ3v) is 3.00. The maximum Gasteiger partial charge on any atom is 0.370 e. The Morgan fingerprint density at radius 2 is 1.75 bits per heavy atom. The van der Waals surface area contributed by atoms with Gasteiger partial charge in [0.15, 0.2) is 6.10 Å². The molecule has 1 heterocycles. The highest BCUT2D eigenvalue weighted by atomic mass is 17.1. The van der Waals surface area contributed by atoms with E-state index in [1.165, 1.54) is 0 Å². The lowest BCUT2D eigenvalue weighted by molar-refractivity contribution is -0.245. The monoisotopic (exact) mass is 231 g/mol. The van der Waals surface area contributed by atoms with E-state index in [0.29, 0.717) is 12.8 Å². The summed E-state index contributed by atoms with van der Waals surface area (Å²) in [6, 6.07) is 0. The standard InChI is InChI=1S/C11H21NO4/c1-10(2)5-7(6-11(3,4)12-10)8(13)9(14)16-15/h7-8,12-13,15H,5-6H2,1-4H3. The minimum atomic E-state index is -1.26. The topological polar surface area (TPSA) is 78.8 Å². The van der Waals surface area contributed by atoms with Gasteiger partial charge in [0.1, 0.15) is 0 Å². The molecular formula is C11H21NO4. The van der Waals surface area contributed by atoms with Crippen molar-refractivity contribution < 1.29 is 20.0 Å². The van der Waals surface area contributed by atoms with E-state index in [2.05, 4.69) is 10.2 Å². The van der Waals surface area contributed by atoms with Crippen LogP contribution in [-0.2, 0) is 9.68 Å². The fourth-order valence-electron chi connectivity index (χ4n) is 2.87. The molecule has 0 radical (unpaired) electrons. The first kappa shape index (κ1) is 13.4. The number of aliphatic hydroxyl groups is 1. The van der Waals surface area contributed by atoms with Crippen LogP contribution >= 0.6 is 0 Å². The van der Waals surface area contributed by atoms with E-state index in [0.717, 1.165) is 0 Å². The molecule has 0 amide bonds. The Bertz CT molecular complexity index is 259. The van der Waals surface area contributed by atoms with E-state index in [9.17, 15) is 9.90 Å². The summed E-state index contributed by atoms with van der Waals surface area (Å²) in [4.78, 5) is 14.7. The van der Waals surface area contributed by atoms with E-state index < -0.39 is 12.1 Å². The van der Waals surface area contributed by atoms with Crippen molar-refractivity contribution in [2.24, 2.45) is 5.92 Å². The molecule has 0 bridgehead atoms. The van der Waals surface area contributed by atoms with Crippen LogP contribution in [0.2, 0.25) is 0 Å². The first-order chi connectivity index (χ1) is 7.17. The highest BCUT2D eigenvalue weighted by molar-refractivity contribution is 5.74. The molecule has 0 aromatic carbocycles. The molecule has 1 aliphatic heterocycles. The number of hydrogen-bond acceptors (Lipinski definition) is 5. The summed E-state index contributed by atoms with van der Waals surface area (Å²) in [5.74, 6) is -1.18. The van der Waals surface area contributed by atoms with Crippen LogP contribution in [0, 0.1) is 5.92 Å². The summed E-state index contributed by atoms with van der Waals surface area (Å²) in [6.07, 6.45) is 0.0602. The number of hydrogen-bond donors (Lipinski definition) is 3.